The van der Waals surface area contributed by atoms with Gasteiger partial charge in [0, 0.05) is 25.7 Å². The molecule has 3 aliphatic rings. The van der Waals surface area contributed by atoms with Crippen molar-refractivity contribution in [1.82, 2.24) is 9.80 Å². The molecule has 0 radical (unpaired) electrons. The zero-order valence-electron chi connectivity index (χ0n) is 13.3. The van der Waals surface area contributed by atoms with Gasteiger partial charge in [0.15, 0.2) is 0 Å². The summed E-state index contributed by atoms with van der Waals surface area (Å²) in [5.74, 6) is 0.512. The zero-order chi connectivity index (χ0) is 15.4. The first-order valence-corrected chi connectivity index (χ1v) is 8.49. The van der Waals surface area contributed by atoms with Gasteiger partial charge in [-0.2, -0.15) is 0 Å². The predicted molar refractivity (Wildman–Crippen MR) is 88.5 cm³/mol. The van der Waals surface area contributed by atoms with Gasteiger partial charge in [-0.25, -0.2) is 0 Å². The summed E-state index contributed by atoms with van der Waals surface area (Å²) in [7, 11) is 0. The Hall–Kier alpha value is -1.39. The number of carbonyl (C=O) groups is 1. The first-order valence-electron chi connectivity index (χ1n) is 8.49. The van der Waals surface area contributed by atoms with Crippen LogP contribution in [0.4, 0.5) is 0 Å². The molecular formula is C18H27N3O. The van der Waals surface area contributed by atoms with Gasteiger partial charge < -0.3 is 10.6 Å². The van der Waals surface area contributed by atoms with Crippen LogP contribution in [0.2, 0.25) is 0 Å². The molecule has 3 fully saturated rings. The van der Waals surface area contributed by atoms with Crippen molar-refractivity contribution in [2.24, 2.45) is 11.7 Å². The highest BCUT2D eigenvalue weighted by molar-refractivity contribution is 5.76. The highest BCUT2D eigenvalue weighted by Gasteiger charge is 2.34. The summed E-state index contributed by atoms with van der Waals surface area (Å²) in [5, 5.41) is 0. The lowest BCUT2D eigenvalue weighted by Gasteiger charge is -2.35. The molecule has 3 aliphatic heterocycles. The third kappa shape index (κ3) is 4.08. The highest BCUT2D eigenvalue weighted by Crippen LogP contribution is 2.27. The summed E-state index contributed by atoms with van der Waals surface area (Å²) >= 11 is 0. The fourth-order valence-electron chi connectivity index (χ4n) is 4.00. The quantitative estimate of drug-likeness (QED) is 0.866. The van der Waals surface area contributed by atoms with Crippen LogP contribution in [0.5, 0.6) is 0 Å². The molecule has 4 nitrogen and oxygen atoms in total. The molecule has 2 atom stereocenters. The van der Waals surface area contributed by atoms with Gasteiger partial charge in [0.25, 0.3) is 0 Å². The number of amides is 1. The van der Waals surface area contributed by atoms with Crippen LogP contribution in [0.15, 0.2) is 30.3 Å². The number of nitrogens with zero attached hydrogens (tertiary/aromatic N) is 2. The molecule has 4 rings (SSSR count). The van der Waals surface area contributed by atoms with E-state index in [1.165, 1.54) is 31.4 Å². The minimum absolute atomic E-state index is 0.192. The largest absolute Gasteiger partial charge is 0.369 e. The van der Waals surface area contributed by atoms with E-state index in [1.54, 1.807) is 0 Å². The number of benzene rings is 1. The summed E-state index contributed by atoms with van der Waals surface area (Å²) in [4.78, 5) is 16.2. The fourth-order valence-corrected chi connectivity index (χ4v) is 4.00. The standard InChI is InChI=1S/C18H27N3O/c19-18(22)14-21-12-16-8-9-17(21)13-20(11-16)10-4-7-15-5-2-1-3-6-15/h1-3,5-6,16-17H,4,7-14H2,(H2,19,22)/t16-,17+/m0/s1. The maximum Gasteiger partial charge on any atom is 0.231 e. The van der Waals surface area contributed by atoms with Gasteiger partial charge in [-0.15, -0.1) is 0 Å². The Bertz CT molecular complexity index is 490. The number of rotatable bonds is 6. The number of hydrogen-bond donors (Lipinski definition) is 1. The predicted octanol–water partition coefficient (Wildman–Crippen LogP) is 1.50. The zero-order valence-corrected chi connectivity index (χ0v) is 13.3. The maximum absolute atomic E-state index is 11.2. The Morgan fingerprint density at radius 3 is 2.73 bits per heavy atom. The van der Waals surface area contributed by atoms with Crippen LogP contribution in [0.3, 0.4) is 0 Å². The van der Waals surface area contributed by atoms with Gasteiger partial charge >= 0.3 is 0 Å². The molecule has 0 unspecified atom stereocenters. The summed E-state index contributed by atoms with van der Waals surface area (Å²) < 4.78 is 0. The molecule has 120 valence electrons. The monoisotopic (exact) mass is 301 g/mol. The van der Waals surface area contributed by atoms with E-state index in [0.29, 0.717) is 18.5 Å². The molecule has 3 heterocycles. The summed E-state index contributed by atoms with van der Waals surface area (Å²) in [6, 6.07) is 11.2. The number of primary amides is 1. The number of hydrogen-bond acceptors (Lipinski definition) is 3. The minimum atomic E-state index is -0.192. The van der Waals surface area contributed by atoms with E-state index in [4.69, 9.17) is 5.73 Å². The van der Waals surface area contributed by atoms with Crippen molar-refractivity contribution in [3.63, 3.8) is 0 Å². The normalized spacial score (nSPS) is 26.0. The first kappa shape index (κ1) is 15.5. The van der Waals surface area contributed by atoms with Crippen LogP contribution in [0.25, 0.3) is 0 Å². The Balaban J connectivity index is 1.50. The molecule has 0 spiro atoms. The molecule has 0 aliphatic carbocycles. The molecule has 1 amide bonds. The van der Waals surface area contributed by atoms with Gasteiger partial charge in [0.2, 0.25) is 5.91 Å². The third-order valence-corrected chi connectivity index (χ3v) is 5.04. The Kier molecular flexibility index (Phi) is 5.11. The van der Waals surface area contributed by atoms with Crippen molar-refractivity contribution in [1.29, 1.82) is 0 Å². The van der Waals surface area contributed by atoms with E-state index in [0.717, 1.165) is 26.1 Å². The van der Waals surface area contributed by atoms with Crippen LogP contribution >= 0.6 is 0 Å². The van der Waals surface area contributed by atoms with Crippen molar-refractivity contribution in [2.75, 3.05) is 32.7 Å². The summed E-state index contributed by atoms with van der Waals surface area (Å²) in [6.45, 7) is 4.91. The molecule has 22 heavy (non-hydrogen) atoms. The lowest BCUT2D eigenvalue weighted by Crippen LogP contribution is -2.47. The van der Waals surface area contributed by atoms with Gasteiger partial charge in [-0.05, 0) is 43.7 Å². The lowest BCUT2D eigenvalue weighted by atomic mass is 9.95. The Labute approximate surface area is 133 Å². The molecule has 3 saturated heterocycles. The van der Waals surface area contributed by atoms with Crippen molar-refractivity contribution < 1.29 is 4.79 Å². The molecule has 0 saturated carbocycles. The highest BCUT2D eigenvalue weighted by atomic mass is 16.1. The molecule has 2 bridgehead atoms. The molecule has 4 heteroatoms. The van der Waals surface area contributed by atoms with E-state index in [1.807, 2.05) is 0 Å². The first-order chi connectivity index (χ1) is 10.7. The third-order valence-electron chi connectivity index (χ3n) is 5.04. The maximum atomic E-state index is 11.2. The van der Waals surface area contributed by atoms with Gasteiger partial charge in [0.1, 0.15) is 0 Å². The van der Waals surface area contributed by atoms with Gasteiger partial charge in [-0.1, -0.05) is 30.3 Å². The second-order valence-corrected chi connectivity index (χ2v) is 6.84. The summed E-state index contributed by atoms with van der Waals surface area (Å²) in [5.41, 5.74) is 6.82. The number of nitrogens with two attached hydrogens (primary N) is 1. The van der Waals surface area contributed by atoms with E-state index in [-0.39, 0.29) is 5.91 Å². The smallest absolute Gasteiger partial charge is 0.231 e. The van der Waals surface area contributed by atoms with Crippen LogP contribution in [0, 0.1) is 5.92 Å². The van der Waals surface area contributed by atoms with Crippen LogP contribution in [0.1, 0.15) is 24.8 Å². The average molecular weight is 301 g/mol. The minimum Gasteiger partial charge on any atom is -0.369 e. The number of carbonyl (C=O) groups excluding carboxylic acids is 1. The SMILES string of the molecule is NC(=O)CN1C[C@H]2CC[C@@H]1CN(CCCc1ccccc1)C2. The number of aryl methyl sites for hydroxylation is 1. The van der Waals surface area contributed by atoms with E-state index in [9.17, 15) is 4.79 Å². The van der Waals surface area contributed by atoms with Crippen molar-refractivity contribution in [3.8, 4) is 0 Å². The van der Waals surface area contributed by atoms with E-state index in [2.05, 4.69) is 40.1 Å². The molecule has 1 aromatic rings. The Morgan fingerprint density at radius 1 is 1.14 bits per heavy atom. The second-order valence-electron chi connectivity index (χ2n) is 6.84. The van der Waals surface area contributed by atoms with Gasteiger partial charge in [0.05, 0.1) is 6.54 Å². The second kappa shape index (κ2) is 7.25. The van der Waals surface area contributed by atoms with Crippen molar-refractivity contribution in [2.45, 2.75) is 31.7 Å². The molecular weight excluding hydrogens is 274 g/mol. The van der Waals surface area contributed by atoms with Gasteiger partial charge in [-0.3, -0.25) is 9.69 Å². The van der Waals surface area contributed by atoms with Crippen LogP contribution in [-0.4, -0.2) is 54.5 Å². The van der Waals surface area contributed by atoms with Crippen LogP contribution < -0.4 is 5.73 Å². The fraction of sp³-hybridized carbons (Fsp3) is 0.611. The summed E-state index contributed by atoms with van der Waals surface area (Å²) in [6.07, 6.45) is 4.87. The van der Waals surface area contributed by atoms with Crippen LogP contribution in [-0.2, 0) is 11.2 Å². The van der Waals surface area contributed by atoms with Crippen molar-refractivity contribution in [3.05, 3.63) is 35.9 Å². The van der Waals surface area contributed by atoms with E-state index < -0.39 is 0 Å². The molecule has 1 aromatic carbocycles. The molecule has 2 N–H and O–H groups in total. The topological polar surface area (TPSA) is 49.6 Å². The molecule has 0 aromatic heterocycles. The van der Waals surface area contributed by atoms with E-state index >= 15 is 0 Å². The number of piperidine rings is 1. The number of fused-ring (bicyclic) bond motifs is 4. The lowest BCUT2D eigenvalue weighted by molar-refractivity contribution is -0.120. The average Bonchev–Trinajstić information content (AvgIpc) is 2.78. The van der Waals surface area contributed by atoms with Crippen molar-refractivity contribution >= 4 is 5.91 Å². The Morgan fingerprint density at radius 2 is 1.95 bits per heavy atom.